The number of hydrogen-bond acceptors (Lipinski definition) is 2. The molecule has 0 saturated carbocycles. The molecule has 0 spiro atoms. The van der Waals surface area contributed by atoms with Crippen LogP contribution in [-0.4, -0.2) is 27.7 Å². The summed E-state index contributed by atoms with van der Waals surface area (Å²) in [6.07, 6.45) is -1.19. The highest BCUT2D eigenvalue weighted by atomic mass is 35.6. The van der Waals surface area contributed by atoms with Crippen LogP contribution in [0.15, 0.2) is 42.5 Å². The van der Waals surface area contributed by atoms with Crippen LogP contribution in [0.5, 0.6) is 0 Å². The fourth-order valence-corrected chi connectivity index (χ4v) is 2.58. The van der Waals surface area contributed by atoms with Gasteiger partial charge in [-0.1, -0.05) is 71.2 Å². The van der Waals surface area contributed by atoms with Gasteiger partial charge in [0.1, 0.15) is 6.17 Å². The number of hydrogen-bond donors (Lipinski definition) is 3. The van der Waals surface area contributed by atoms with Gasteiger partial charge in [0.2, 0.25) is 3.79 Å². The number of nitrogens with one attached hydrogen (secondary N) is 3. The van der Waals surface area contributed by atoms with Crippen LogP contribution >= 0.6 is 47.0 Å². The number of halogens is 4. The fourth-order valence-electron chi connectivity index (χ4n) is 2.02. The summed E-state index contributed by atoms with van der Waals surface area (Å²) in [4.78, 5) is 11.2. The van der Waals surface area contributed by atoms with Gasteiger partial charge in [0.25, 0.3) is 5.91 Å². The minimum atomic E-state index is -1.92. The molecule has 128 valence electrons. The zero-order valence-corrected chi connectivity index (χ0v) is 15.2. The van der Waals surface area contributed by atoms with Gasteiger partial charge in [0.05, 0.1) is 0 Å². The second kappa shape index (κ2) is 8.16. The van der Waals surface area contributed by atoms with Crippen LogP contribution < -0.4 is 16.0 Å². The molecule has 0 radical (unpaired) electrons. The summed E-state index contributed by atoms with van der Waals surface area (Å²) in [6.45, 7) is -1.23. The van der Waals surface area contributed by atoms with Gasteiger partial charge < -0.3 is 16.0 Å². The van der Waals surface area contributed by atoms with Crippen molar-refractivity contribution in [2.75, 3.05) is 12.0 Å². The van der Waals surface area contributed by atoms with Crippen LogP contribution in [0.3, 0.4) is 0 Å². The van der Waals surface area contributed by atoms with Crippen molar-refractivity contribution in [2.45, 2.75) is 9.96 Å². The number of anilines is 1. The van der Waals surface area contributed by atoms with Gasteiger partial charge in [0.15, 0.2) is 11.8 Å². The highest BCUT2D eigenvalue weighted by molar-refractivity contribution is 7.80. The van der Waals surface area contributed by atoms with E-state index in [9.17, 15) is 9.18 Å². The van der Waals surface area contributed by atoms with Crippen LogP contribution in [0.1, 0.15) is 0 Å². The molecular formula is C15H13Cl3FN3OS. The Morgan fingerprint density at radius 2 is 1.79 bits per heavy atom. The van der Waals surface area contributed by atoms with Gasteiger partial charge in [-0.3, -0.25) is 4.79 Å². The summed E-state index contributed by atoms with van der Waals surface area (Å²) in [5.41, 5.74) is 0.741. The highest BCUT2D eigenvalue weighted by Gasteiger charge is 2.34. The minimum absolute atomic E-state index is 0.113. The fraction of sp³-hybridized carbons (Fsp3) is 0.200. The van der Waals surface area contributed by atoms with E-state index in [4.69, 9.17) is 47.0 Å². The SMILES string of the molecule is O=C(CF)NC(NC(=S)Nc1cccc2ccccc12)C(Cl)(Cl)Cl. The van der Waals surface area contributed by atoms with Gasteiger partial charge in [-0.25, -0.2) is 4.39 Å². The molecule has 9 heteroatoms. The first-order valence-electron chi connectivity index (χ1n) is 6.78. The molecule has 2 rings (SSSR count). The smallest absolute Gasteiger partial charge is 0.253 e. The van der Waals surface area contributed by atoms with E-state index < -0.39 is 22.5 Å². The van der Waals surface area contributed by atoms with Crippen LogP contribution in [0.4, 0.5) is 10.1 Å². The number of rotatable bonds is 4. The van der Waals surface area contributed by atoms with E-state index in [2.05, 4.69) is 16.0 Å². The first kappa shape index (κ1) is 19.0. The number of carbonyl (C=O) groups is 1. The molecule has 0 heterocycles. The van der Waals surface area contributed by atoms with Crippen molar-refractivity contribution in [3.63, 3.8) is 0 Å². The van der Waals surface area contributed by atoms with Gasteiger partial charge in [-0.2, -0.15) is 0 Å². The normalized spacial score (nSPS) is 12.5. The molecule has 0 bridgehead atoms. The number of carbonyl (C=O) groups excluding carboxylic acids is 1. The zero-order valence-electron chi connectivity index (χ0n) is 12.2. The van der Waals surface area contributed by atoms with Crippen molar-refractivity contribution in [3.05, 3.63) is 42.5 Å². The van der Waals surface area contributed by atoms with E-state index in [1.807, 2.05) is 42.5 Å². The Morgan fingerprint density at radius 1 is 1.12 bits per heavy atom. The summed E-state index contributed by atoms with van der Waals surface area (Å²) in [6, 6.07) is 13.4. The van der Waals surface area contributed by atoms with Gasteiger partial charge >= 0.3 is 0 Å². The molecule has 0 saturated heterocycles. The first-order chi connectivity index (χ1) is 11.3. The molecule has 1 amide bonds. The van der Waals surface area contributed by atoms with Crippen LogP contribution in [0, 0.1) is 0 Å². The number of thiocarbonyl (C=S) groups is 1. The summed E-state index contributed by atoms with van der Waals surface area (Å²) >= 11 is 22.5. The molecule has 0 aliphatic carbocycles. The lowest BCUT2D eigenvalue weighted by Crippen LogP contribution is -2.56. The Morgan fingerprint density at radius 3 is 2.46 bits per heavy atom. The molecule has 24 heavy (non-hydrogen) atoms. The van der Waals surface area contributed by atoms with Gasteiger partial charge in [0, 0.05) is 11.1 Å². The maximum atomic E-state index is 12.4. The van der Waals surface area contributed by atoms with Crippen LogP contribution in [0.25, 0.3) is 10.8 Å². The topological polar surface area (TPSA) is 53.2 Å². The van der Waals surface area contributed by atoms with Gasteiger partial charge in [-0.15, -0.1) is 0 Å². The largest absolute Gasteiger partial charge is 0.339 e. The predicted octanol–water partition coefficient (Wildman–Crippen LogP) is 3.91. The Balaban J connectivity index is 2.14. The molecule has 1 atom stereocenters. The summed E-state index contributed by atoms with van der Waals surface area (Å²) < 4.78 is 10.5. The van der Waals surface area contributed by atoms with Crippen LogP contribution in [0.2, 0.25) is 0 Å². The standard InChI is InChI=1S/C15H13Cl3FN3OS/c16-15(17,18)13(21-12(23)8-19)22-14(24)20-11-7-3-5-9-4-1-2-6-10(9)11/h1-7,13H,8H2,(H,21,23)(H2,20,22,24). The maximum absolute atomic E-state index is 12.4. The summed E-state index contributed by atoms with van der Waals surface area (Å²) in [7, 11) is 0. The molecule has 0 aromatic heterocycles. The van der Waals surface area contributed by atoms with Crippen molar-refractivity contribution in [1.82, 2.24) is 10.6 Å². The molecule has 0 aliphatic rings. The third-order valence-electron chi connectivity index (χ3n) is 3.07. The molecular weight excluding hydrogens is 396 g/mol. The van der Waals surface area contributed by atoms with Gasteiger partial charge in [-0.05, 0) is 23.7 Å². The average molecular weight is 409 g/mol. The lowest BCUT2D eigenvalue weighted by Gasteiger charge is -2.27. The maximum Gasteiger partial charge on any atom is 0.253 e. The van der Waals surface area contributed by atoms with E-state index >= 15 is 0 Å². The quantitative estimate of drug-likeness (QED) is 0.408. The van der Waals surface area contributed by atoms with Crippen LogP contribution in [-0.2, 0) is 4.79 Å². The molecule has 1 unspecified atom stereocenters. The predicted molar refractivity (Wildman–Crippen MR) is 102 cm³/mol. The van der Waals surface area contributed by atoms with E-state index in [1.54, 1.807) is 0 Å². The van der Waals surface area contributed by atoms with Crippen molar-refractivity contribution >= 4 is 74.5 Å². The summed E-state index contributed by atoms with van der Waals surface area (Å²) in [5, 5.41) is 9.93. The molecule has 0 aliphatic heterocycles. The third kappa shape index (κ3) is 5.08. The van der Waals surface area contributed by atoms with E-state index in [0.717, 1.165) is 16.5 Å². The minimum Gasteiger partial charge on any atom is -0.339 e. The lowest BCUT2D eigenvalue weighted by molar-refractivity contribution is -0.122. The molecule has 0 fully saturated rings. The lowest BCUT2D eigenvalue weighted by atomic mass is 10.1. The first-order valence-corrected chi connectivity index (χ1v) is 8.33. The number of benzene rings is 2. The van der Waals surface area contributed by atoms with Crippen molar-refractivity contribution in [2.24, 2.45) is 0 Å². The number of fused-ring (bicyclic) bond motifs is 1. The monoisotopic (exact) mass is 407 g/mol. The van der Waals surface area contributed by atoms with Crippen molar-refractivity contribution < 1.29 is 9.18 Å². The Hall–Kier alpha value is -1.34. The Kier molecular flexibility index (Phi) is 6.46. The zero-order chi connectivity index (χ0) is 17.7. The van der Waals surface area contributed by atoms with E-state index in [0.29, 0.717) is 0 Å². The Bertz CT molecular complexity index is 749. The highest BCUT2D eigenvalue weighted by Crippen LogP contribution is 2.29. The van der Waals surface area contributed by atoms with E-state index in [-0.39, 0.29) is 5.11 Å². The Labute approximate surface area is 158 Å². The summed E-state index contributed by atoms with van der Waals surface area (Å²) in [5.74, 6) is -0.924. The second-order valence-corrected chi connectivity index (χ2v) is 7.58. The molecule has 2 aromatic rings. The van der Waals surface area contributed by atoms with E-state index in [1.165, 1.54) is 0 Å². The molecule has 2 aromatic carbocycles. The van der Waals surface area contributed by atoms with Crippen molar-refractivity contribution in [1.29, 1.82) is 0 Å². The third-order valence-corrected chi connectivity index (χ3v) is 3.94. The number of alkyl halides is 4. The van der Waals surface area contributed by atoms with Crippen molar-refractivity contribution in [3.8, 4) is 0 Å². The molecule has 3 N–H and O–H groups in total. The molecule has 4 nitrogen and oxygen atoms in total. The second-order valence-electron chi connectivity index (χ2n) is 4.80. The number of amides is 1. The average Bonchev–Trinajstić information content (AvgIpc) is 2.53.